The maximum absolute atomic E-state index is 4.57. The first-order valence-electron chi connectivity index (χ1n) is 6.90. The summed E-state index contributed by atoms with van der Waals surface area (Å²) in [6.07, 6.45) is 10.2. The summed E-state index contributed by atoms with van der Waals surface area (Å²) in [5.74, 6) is 0. The van der Waals surface area contributed by atoms with Crippen LogP contribution in [0, 0.1) is 7.43 Å². The van der Waals surface area contributed by atoms with Crippen molar-refractivity contribution >= 4 is 0 Å². The van der Waals surface area contributed by atoms with Crippen LogP contribution in [0.25, 0.3) is 16.0 Å². The molecule has 1 aliphatic carbocycles. The molecule has 0 amide bonds. The second-order valence-corrected chi connectivity index (χ2v) is 5.51. The van der Waals surface area contributed by atoms with E-state index in [9.17, 15) is 0 Å². The van der Waals surface area contributed by atoms with Gasteiger partial charge in [0.25, 0.3) is 0 Å². The molecule has 4 heteroatoms. The minimum Gasteiger partial charge on any atom is -0.668 e. The van der Waals surface area contributed by atoms with E-state index >= 15 is 0 Å². The van der Waals surface area contributed by atoms with Gasteiger partial charge in [0.2, 0.25) is 0 Å². The van der Waals surface area contributed by atoms with Crippen molar-refractivity contribution < 1.29 is 26.2 Å². The molecule has 122 valence electrons. The minimum atomic E-state index is 0. The predicted octanol–water partition coefficient (Wildman–Crippen LogP) is 5.51. The number of allylic oxidation sites excluding steroid dienone is 4. The van der Waals surface area contributed by atoms with Crippen molar-refractivity contribution in [1.29, 1.82) is 0 Å². The third-order valence-corrected chi connectivity index (χ3v) is 2.09. The van der Waals surface area contributed by atoms with Gasteiger partial charge in [-0.3, -0.25) is 0 Å². The van der Waals surface area contributed by atoms with Crippen molar-refractivity contribution in [3.8, 4) is 0 Å². The fraction of sp³-hybridized carbons (Fsp3) is 0.706. The summed E-state index contributed by atoms with van der Waals surface area (Å²) in [4.78, 5) is 0. The van der Waals surface area contributed by atoms with Gasteiger partial charge < -0.3 is 23.4 Å². The smallest absolute Gasteiger partial charge is 0.668 e. The fourth-order valence-electron chi connectivity index (χ4n) is 1.40. The molecular formula is C17H35N3Zr. The van der Waals surface area contributed by atoms with Gasteiger partial charge in [0.15, 0.2) is 0 Å². The maximum Gasteiger partial charge on any atom is 4.00 e. The van der Waals surface area contributed by atoms with E-state index in [4.69, 9.17) is 0 Å². The number of rotatable bonds is 4. The summed E-state index contributed by atoms with van der Waals surface area (Å²) in [5, 5.41) is 11.6. The number of nitrogens with zero attached hydrogens (tertiary/aromatic N) is 3. The van der Waals surface area contributed by atoms with E-state index in [2.05, 4.69) is 54.9 Å². The minimum absolute atomic E-state index is 0. The summed E-state index contributed by atoms with van der Waals surface area (Å²) in [6.45, 7) is 7.47. The molecular weight excluding hydrogens is 337 g/mol. The molecule has 3 nitrogen and oxygen atoms in total. The van der Waals surface area contributed by atoms with Gasteiger partial charge in [-0.25, -0.2) is 0 Å². The number of hydrogen-bond donors (Lipinski definition) is 0. The van der Waals surface area contributed by atoms with Crippen molar-refractivity contribution in [1.82, 2.24) is 0 Å². The Labute approximate surface area is 153 Å². The second kappa shape index (κ2) is 20.2. The molecule has 0 aromatic carbocycles. The van der Waals surface area contributed by atoms with Crippen LogP contribution < -0.4 is 0 Å². The molecule has 0 aromatic heterocycles. The van der Waals surface area contributed by atoms with Crippen LogP contribution in [0.2, 0.25) is 0 Å². The van der Waals surface area contributed by atoms with Gasteiger partial charge in [-0.2, -0.15) is 28.2 Å². The molecule has 0 spiro atoms. The zero-order chi connectivity index (χ0) is 15.1. The van der Waals surface area contributed by atoms with Crippen LogP contribution in [0.1, 0.15) is 40.0 Å². The molecule has 0 heterocycles. The molecule has 0 fully saturated rings. The third-order valence-electron chi connectivity index (χ3n) is 2.09. The molecule has 0 aromatic rings. The van der Waals surface area contributed by atoms with E-state index < -0.39 is 0 Å². The SMILES string of the molecule is CC(C)(C)[N-]CCCC1=CC=CC1.C[N-]C.C[N-]C.[CH3-].[Zr+4]. The number of hydrogen-bond acceptors (Lipinski definition) is 0. The van der Waals surface area contributed by atoms with E-state index in [-0.39, 0.29) is 39.2 Å². The Morgan fingerprint density at radius 2 is 1.52 bits per heavy atom. The summed E-state index contributed by atoms with van der Waals surface area (Å²) >= 11 is 0. The molecule has 0 atom stereocenters. The van der Waals surface area contributed by atoms with Crippen LogP contribution in [0.4, 0.5) is 0 Å². The standard InChI is InChI=1S/C12H20N.2C2H6N.CH3.Zr/c1-12(2,3)13-10-6-9-11-7-4-5-8-11;2*1-3-2;;/h4-5,7H,6,8-10H2,1-3H3;2*1-2H3;1H3;/q4*-1;+4. The molecule has 21 heavy (non-hydrogen) atoms. The Bertz CT molecular complexity index is 241. The van der Waals surface area contributed by atoms with Crippen molar-refractivity contribution in [3.05, 3.63) is 47.2 Å². The zero-order valence-corrected chi connectivity index (χ0v) is 17.9. The molecule has 0 N–H and O–H groups in total. The average Bonchev–Trinajstić information content (AvgIpc) is 2.78. The summed E-state index contributed by atoms with van der Waals surface area (Å²) < 4.78 is 0. The first-order chi connectivity index (χ1) is 8.91. The Kier molecular flexibility index (Phi) is 28.2. The van der Waals surface area contributed by atoms with Crippen LogP contribution in [0.5, 0.6) is 0 Å². The van der Waals surface area contributed by atoms with E-state index in [1.807, 2.05) is 0 Å². The normalized spacial score (nSPS) is 11.9. The summed E-state index contributed by atoms with van der Waals surface area (Å²) in [6, 6.07) is 0. The first-order valence-corrected chi connectivity index (χ1v) is 6.90. The van der Waals surface area contributed by atoms with Gasteiger partial charge in [0.05, 0.1) is 0 Å². The average molecular weight is 373 g/mol. The maximum atomic E-state index is 4.57. The van der Waals surface area contributed by atoms with Crippen LogP contribution in [0.3, 0.4) is 0 Å². The Morgan fingerprint density at radius 1 is 1.05 bits per heavy atom. The van der Waals surface area contributed by atoms with E-state index in [1.54, 1.807) is 33.8 Å². The molecule has 0 saturated heterocycles. The van der Waals surface area contributed by atoms with E-state index in [1.165, 1.54) is 12.8 Å². The topological polar surface area (TPSA) is 42.3 Å². The van der Waals surface area contributed by atoms with E-state index in [0.717, 1.165) is 13.0 Å². The first kappa shape index (κ1) is 29.3. The Hall–Kier alpha value is 0.243. The molecule has 0 unspecified atom stereocenters. The Balaban J connectivity index is -0.000000157. The van der Waals surface area contributed by atoms with Crippen LogP contribution >= 0.6 is 0 Å². The zero-order valence-electron chi connectivity index (χ0n) is 15.4. The van der Waals surface area contributed by atoms with Gasteiger partial charge >= 0.3 is 26.2 Å². The summed E-state index contributed by atoms with van der Waals surface area (Å²) in [7, 11) is 7.00. The summed E-state index contributed by atoms with van der Waals surface area (Å²) in [5.41, 5.74) is 1.70. The van der Waals surface area contributed by atoms with Crippen molar-refractivity contribution in [2.75, 3.05) is 34.7 Å². The quantitative estimate of drug-likeness (QED) is 0.461. The third kappa shape index (κ3) is 29.0. The molecule has 0 bridgehead atoms. The van der Waals surface area contributed by atoms with Gasteiger partial charge in [0.1, 0.15) is 0 Å². The van der Waals surface area contributed by atoms with Gasteiger partial charge in [-0.1, -0.05) is 51.0 Å². The van der Waals surface area contributed by atoms with Gasteiger partial charge in [-0.05, 0) is 12.8 Å². The molecule has 0 saturated carbocycles. The molecule has 1 aliphatic rings. The molecule has 0 radical (unpaired) electrons. The van der Waals surface area contributed by atoms with Crippen molar-refractivity contribution in [2.45, 2.75) is 45.6 Å². The van der Waals surface area contributed by atoms with Gasteiger partial charge in [0, 0.05) is 0 Å². The van der Waals surface area contributed by atoms with Gasteiger partial charge in [-0.15, -0.1) is 12.1 Å². The molecule has 1 rings (SSSR count). The van der Waals surface area contributed by atoms with Crippen LogP contribution in [-0.2, 0) is 26.2 Å². The van der Waals surface area contributed by atoms with Crippen LogP contribution in [0.15, 0.2) is 23.8 Å². The fourth-order valence-corrected chi connectivity index (χ4v) is 1.40. The van der Waals surface area contributed by atoms with Crippen molar-refractivity contribution in [3.63, 3.8) is 0 Å². The van der Waals surface area contributed by atoms with E-state index in [0.29, 0.717) is 0 Å². The molecule has 0 aliphatic heterocycles. The van der Waals surface area contributed by atoms with Crippen LogP contribution in [-0.4, -0.2) is 40.3 Å². The Morgan fingerprint density at radius 3 is 1.86 bits per heavy atom. The van der Waals surface area contributed by atoms with Crippen molar-refractivity contribution in [2.24, 2.45) is 0 Å². The monoisotopic (exact) mass is 371 g/mol. The predicted molar refractivity (Wildman–Crippen MR) is 95.9 cm³/mol. The largest absolute Gasteiger partial charge is 4.00 e. The second-order valence-electron chi connectivity index (χ2n) is 5.51.